The Bertz CT molecular complexity index is 1080. The van der Waals surface area contributed by atoms with Crippen LogP contribution in [0.15, 0.2) is 53.4 Å². The molecule has 2 aromatic rings. The molecule has 1 aliphatic carbocycles. The van der Waals surface area contributed by atoms with Gasteiger partial charge >= 0.3 is 5.97 Å². The Balaban J connectivity index is 1.89. The van der Waals surface area contributed by atoms with Gasteiger partial charge < -0.3 is 9.84 Å². The quantitative estimate of drug-likeness (QED) is 0.353. The van der Waals surface area contributed by atoms with Crippen LogP contribution in [0.1, 0.15) is 26.2 Å². The fourth-order valence-electron chi connectivity index (χ4n) is 3.30. The fourth-order valence-corrected chi connectivity index (χ4v) is 4.83. The molecule has 4 N–H and O–H groups in total. The number of carboxylic acid groups (broad SMARTS) is 1. The highest BCUT2D eigenvalue weighted by atomic mass is 32.2. The van der Waals surface area contributed by atoms with Gasteiger partial charge in [0.2, 0.25) is 14.7 Å². The molecule has 31 heavy (non-hydrogen) atoms. The minimum atomic E-state index is -4.52. The number of rotatable bonds is 8. The Morgan fingerprint density at radius 1 is 1.06 bits per heavy atom. The second-order valence-corrected chi connectivity index (χ2v) is 9.67. The van der Waals surface area contributed by atoms with E-state index in [0.717, 1.165) is 6.92 Å². The predicted molar refractivity (Wildman–Crippen MR) is 106 cm³/mol. The van der Waals surface area contributed by atoms with Crippen LogP contribution < -0.4 is 15.5 Å². The third-order valence-corrected chi connectivity index (χ3v) is 7.59. The van der Waals surface area contributed by atoms with Crippen LogP contribution in [0.25, 0.3) is 0 Å². The number of hydroxylamine groups is 1. The Hall–Kier alpha value is -3.02. The first-order valence-corrected chi connectivity index (χ1v) is 10.8. The van der Waals surface area contributed by atoms with E-state index in [0.29, 0.717) is 12.2 Å². The number of carbonyl (C=O) groups excluding carboxylic acids is 1. The smallest absolute Gasteiger partial charge is 0.339 e. The van der Waals surface area contributed by atoms with E-state index in [1.165, 1.54) is 54.0 Å². The number of hydrogen-bond acceptors (Lipinski definition) is 7. The molecule has 1 saturated carbocycles. The number of hydrogen-bond donors (Lipinski definition) is 4. The van der Waals surface area contributed by atoms with Crippen molar-refractivity contribution < 1.29 is 37.4 Å². The van der Waals surface area contributed by atoms with E-state index < -0.39 is 37.9 Å². The minimum Gasteiger partial charge on any atom is -0.479 e. The van der Waals surface area contributed by atoms with Gasteiger partial charge in [0.25, 0.3) is 5.91 Å². The third-order valence-electron chi connectivity index (χ3n) is 5.35. The number of carbonyl (C=O) groups is 2. The Morgan fingerprint density at radius 3 is 2.00 bits per heavy atom. The molecule has 3 rings (SSSR count). The summed E-state index contributed by atoms with van der Waals surface area (Å²) >= 11 is 0. The van der Waals surface area contributed by atoms with Crippen LogP contribution in [-0.4, -0.2) is 41.0 Å². The zero-order valence-corrected chi connectivity index (χ0v) is 17.3. The van der Waals surface area contributed by atoms with Gasteiger partial charge in [-0.15, -0.1) is 0 Å². The zero-order chi connectivity index (χ0) is 22.9. The number of sulfone groups is 1. The van der Waals surface area contributed by atoms with Crippen molar-refractivity contribution in [1.29, 1.82) is 0 Å². The van der Waals surface area contributed by atoms with Crippen molar-refractivity contribution in [2.75, 3.05) is 0 Å². The summed E-state index contributed by atoms with van der Waals surface area (Å²) in [6, 6.07) is 10.2. The maximum Gasteiger partial charge on any atom is 0.339 e. The molecule has 1 unspecified atom stereocenters. The van der Waals surface area contributed by atoms with Crippen molar-refractivity contribution in [3.05, 3.63) is 54.3 Å². The van der Waals surface area contributed by atoms with Gasteiger partial charge in [-0.25, -0.2) is 23.1 Å². The fraction of sp³-hybridized carbons (Fsp3) is 0.300. The summed E-state index contributed by atoms with van der Waals surface area (Å²) in [6.07, 6.45) is 0.899. The van der Waals surface area contributed by atoms with Gasteiger partial charge in [0.1, 0.15) is 22.9 Å². The second kappa shape index (κ2) is 8.25. The Labute approximate surface area is 177 Å². The van der Waals surface area contributed by atoms with Crippen molar-refractivity contribution in [2.45, 2.75) is 41.5 Å². The first-order valence-electron chi connectivity index (χ1n) is 9.29. The number of aliphatic carboxylic acids is 1. The molecule has 0 aliphatic heterocycles. The highest BCUT2D eigenvalue weighted by molar-refractivity contribution is 7.93. The van der Waals surface area contributed by atoms with E-state index in [2.05, 4.69) is 5.32 Å². The number of ether oxygens (including phenoxy) is 1. The lowest BCUT2D eigenvalue weighted by Crippen LogP contribution is -2.71. The zero-order valence-electron chi connectivity index (χ0n) is 16.5. The molecule has 0 heterocycles. The number of halogens is 1. The van der Waals surface area contributed by atoms with Crippen molar-refractivity contribution in [2.24, 2.45) is 0 Å². The average Bonchev–Trinajstić information content (AvgIpc) is 2.71. The number of benzene rings is 2. The van der Waals surface area contributed by atoms with Gasteiger partial charge in [-0.1, -0.05) is 0 Å². The van der Waals surface area contributed by atoms with Gasteiger partial charge in [-0.3, -0.25) is 15.3 Å². The molecule has 0 spiro atoms. The molecule has 0 saturated heterocycles. The topological polar surface area (TPSA) is 142 Å². The monoisotopic (exact) mass is 452 g/mol. The molecule has 0 aromatic heterocycles. The summed E-state index contributed by atoms with van der Waals surface area (Å²) in [5.74, 6) is -2.45. The minimum absolute atomic E-state index is 0.169. The van der Waals surface area contributed by atoms with Gasteiger partial charge in [0.15, 0.2) is 0 Å². The maximum atomic E-state index is 13.2. The average molecular weight is 452 g/mol. The van der Waals surface area contributed by atoms with Crippen molar-refractivity contribution >= 4 is 21.7 Å². The standard InChI is InChI=1S/C20H21FN2O7S/c1-19(18(25)26,23-20(11-2-12-20)17(24)22-27)31(28,29)16-9-7-15(8-10-16)30-14-5-3-13(21)4-6-14/h3-10,23,27H,2,11-12H2,1H3,(H,22,24)(H,25,26). The molecule has 1 aliphatic rings. The second-order valence-electron chi connectivity index (χ2n) is 7.37. The van der Waals surface area contributed by atoms with Crippen LogP contribution in [0.4, 0.5) is 4.39 Å². The molecule has 1 fully saturated rings. The van der Waals surface area contributed by atoms with Crippen molar-refractivity contribution in [1.82, 2.24) is 10.8 Å². The van der Waals surface area contributed by atoms with Crippen LogP contribution >= 0.6 is 0 Å². The van der Waals surface area contributed by atoms with Crippen LogP contribution in [0, 0.1) is 5.82 Å². The maximum absolute atomic E-state index is 13.2. The van der Waals surface area contributed by atoms with Crippen LogP contribution in [0.5, 0.6) is 11.5 Å². The predicted octanol–water partition coefficient (Wildman–Crippen LogP) is 2.21. The molecule has 0 radical (unpaired) electrons. The van der Waals surface area contributed by atoms with E-state index in [1.54, 1.807) is 0 Å². The molecule has 2 aromatic carbocycles. The molecule has 1 atom stereocenters. The molecule has 9 nitrogen and oxygen atoms in total. The van der Waals surface area contributed by atoms with Gasteiger partial charge in [0.05, 0.1) is 4.90 Å². The molecular formula is C20H21FN2O7S. The molecule has 166 valence electrons. The summed E-state index contributed by atoms with van der Waals surface area (Å²) in [6.45, 7) is 0.957. The highest BCUT2D eigenvalue weighted by Gasteiger charge is 2.56. The summed E-state index contributed by atoms with van der Waals surface area (Å²) in [5, 5.41) is 21.2. The summed E-state index contributed by atoms with van der Waals surface area (Å²) in [7, 11) is -4.52. The number of amides is 1. The summed E-state index contributed by atoms with van der Waals surface area (Å²) in [5.41, 5.74) is -0.0479. The van der Waals surface area contributed by atoms with E-state index >= 15 is 0 Å². The summed E-state index contributed by atoms with van der Waals surface area (Å²) < 4.78 is 44.9. The van der Waals surface area contributed by atoms with Crippen molar-refractivity contribution in [3.8, 4) is 11.5 Å². The number of carboxylic acids is 1. The van der Waals surface area contributed by atoms with Crippen LogP contribution in [0.3, 0.4) is 0 Å². The van der Waals surface area contributed by atoms with Gasteiger partial charge in [-0.2, -0.15) is 0 Å². The Morgan fingerprint density at radius 2 is 1.58 bits per heavy atom. The Kier molecular flexibility index (Phi) is 6.03. The third kappa shape index (κ3) is 4.11. The first kappa shape index (κ1) is 22.7. The molecule has 11 heteroatoms. The molecular weight excluding hydrogens is 431 g/mol. The first-order chi connectivity index (χ1) is 14.5. The van der Waals surface area contributed by atoms with Crippen molar-refractivity contribution in [3.63, 3.8) is 0 Å². The number of nitrogens with one attached hydrogen (secondary N) is 2. The molecule has 1 amide bonds. The van der Waals surface area contributed by atoms with Crippen LogP contribution in [0.2, 0.25) is 0 Å². The SMILES string of the molecule is CC(NC1(C(=O)NO)CCC1)(C(=O)O)S(=O)(=O)c1ccc(Oc2ccc(F)cc2)cc1. The highest BCUT2D eigenvalue weighted by Crippen LogP contribution is 2.37. The van der Waals surface area contributed by atoms with Gasteiger partial charge in [-0.05, 0) is 74.7 Å². The van der Waals surface area contributed by atoms with Crippen LogP contribution in [-0.2, 0) is 19.4 Å². The van der Waals surface area contributed by atoms with E-state index in [9.17, 15) is 27.5 Å². The van der Waals surface area contributed by atoms with Gasteiger partial charge in [0, 0.05) is 0 Å². The summed E-state index contributed by atoms with van der Waals surface area (Å²) in [4.78, 5) is 21.2. The normalized spacial score (nSPS) is 17.1. The lowest BCUT2D eigenvalue weighted by molar-refractivity contribution is -0.146. The lowest BCUT2D eigenvalue weighted by Gasteiger charge is -2.44. The van der Waals surface area contributed by atoms with E-state index in [1.807, 2.05) is 0 Å². The lowest BCUT2D eigenvalue weighted by atomic mass is 9.75. The van der Waals surface area contributed by atoms with E-state index in [-0.39, 0.29) is 23.5 Å². The molecule has 0 bridgehead atoms. The van der Waals surface area contributed by atoms with E-state index in [4.69, 9.17) is 9.94 Å². The largest absolute Gasteiger partial charge is 0.479 e.